The van der Waals surface area contributed by atoms with Crippen molar-refractivity contribution >= 4 is 0 Å². The third kappa shape index (κ3) is 4.08. The number of aryl methyl sites for hydroxylation is 2. The third-order valence-electron chi connectivity index (χ3n) is 3.72. The molecule has 21 heavy (non-hydrogen) atoms. The van der Waals surface area contributed by atoms with E-state index < -0.39 is 6.10 Å². The van der Waals surface area contributed by atoms with Gasteiger partial charge in [-0.2, -0.15) is 0 Å². The monoisotopic (exact) mass is 284 g/mol. The molecule has 0 aliphatic heterocycles. The molecule has 2 nitrogen and oxygen atoms in total. The molecule has 0 aliphatic carbocycles. The van der Waals surface area contributed by atoms with Crippen LogP contribution in [0.15, 0.2) is 42.5 Å². The summed E-state index contributed by atoms with van der Waals surface area (Å²) in [4.78, 5) is 0. The summed E-state index contributed by atoms with van der Waals surface area (Å²) in [7, 11) is 0. The van der Waals surface area contributed by atoms with Gasteiger partial charge in [0, 0.05) is 0 Å². The molecule has 0 fully saturated rings. The fourth-order valence-electron chi connectivity index (χ4n) is 2.43. The first kappa shape index (κ1) is 15.6. The zero-order valence-electron chi connectivity index (χ0n) is 13.3. The largest absolute Gasteiger partial charge is 0.491 e. The van der Waals surface area contributed by atoms with Crippen molar-refractivity contribution in [3.8, 4) is 5.75 Å². The molecule has 0 saturated heterocycles. The molecule has 0 bridgehead atoms. The second kappa shape index (κ2) is 6.77. The molecule has 0 aromatic heterocycles. The van der Waals surface area contributed by atoms with Crippen LogP contribution in [0, 0.1) is 13.8 Å². The van der Waals surface area contributed by atoms with Gasteiger partial charge in [0.05, 0.1) is 0 Å². The van der Waals surface area contributed by atoms with Crippen molar-refractivity contribution in [3.63, 3.8) is 0 Å². The van der Waals surface area contributed by atoms with Gasteiger partial charge in [-0.05, 0) is 48.6 Å². The molecule has 2 heteroatoms. The maximum atomic E-state index is 10.3. The maximum Gasteiger partial charge on any atom is 0.119 e. The van der Waals surface area contributed by atoms with Crippen LogP contribution < -0.4 is 4.74 Å². The fourth-order valence-corrected chi connectivity index (χ4v) is 2.43. The second-order valence-electron chi connectivity index (χ2n) is 5.91. The van der Waals surface area contributed by atoms with Crippen molar-refractivity contribution in [2.75, 3.05) is 6.61 Å². The predicted molar refractivity (Wildman–Crippen MR) is 86.9 cm³/mol. The summed E-state index contributed by atoms with van der Waals surface area (Å²) in [5.74, 6) is 1.28. The molecule has 0 heterocycles. The van der Waals surface area contributed by atoms with Gasteiger partial charge in [-0.3, -0.25) is 0 Å². The molecule has 1 unspecified atom stereocenters. The minimum Gasteiger partial charge on any atom is -0.491 e. The van der Waals surface area contributed by atoms with Gasteiger partial charge in [0.15, 0.2) is 0 Å². The zero-order valence-corrected chi connectivity index (χ0v) is 13.3. The highest BCUT2D eigenvalue weighted by molar-refractivity contribution is 5.33. The zero-order chi connectivity index (χ0) is 15.4. The van der Waals surface area contributed by atoms with Crippen molar-refractivity contribution in [2.45, 2.75) is 39.7 Å². The smallest absolute Gasteiger partial charge is 0.119 e. The van der Waals surface area contributed by atoms with Crippen LogP contribution in [0.4, 0.5) is 0 Å². The average molecular weight is 284 g/mol. The Morgan fingerprint density at radius 2 is 1.81 bits per heavy atom. The lowest BCUT2D eigenvalue weighted by Gasteiger charge is -2.16. The van der Waals surface area contributed by atoms with Crippen LogP contribution >= 0.6 is 0 Å². The van der Waals surface area contributed by atoms with Crippen molar-refractivity contribution in [1.82, 2.24) is 0 Å². The van der Waals surface area contributed by atoms with Crippen LogP contribution in [-0.2, 0) is 0 Å². The van der Waals surface area contributed by atoms with Crippen LogP contribution in [0.1, 0.15) is 48.1 Å². The van der Waals surface area contributed by atoms with E-state index >= 15 is 0 Å². The molecule has 0 amide bonds. The molecule has 2 aromatic carbocycles. The van der Waals surface area contributed by atoms with E-state index in [1.807, 2.05) is 37.3 Å². The standard InChI is InChI=1S/C19H24O2/c1-13(2)16-6-5-7-17(11-16)21-12-19(20)18-9-8-14(3)10-15(18)4/h5-11,13,19-20H,12H2,1-4H3. The molecule has 0 spiro atoms. The molecule has 0 radical (unpaired) electrons. The van der Waals surface area contributed by atoms with Crippen molar-refractivity contribution in [2.24, 2.45) is 0 Å². The van der Waals surface area contributed by atoms with Crippen molar-refractivity contribution in [3.05, 3.63) is 64.7 Å². The van der Waals surface area contributed by atoms with Crippen LogP contribution in [-0.4, -0.2) is 11.7 Å². The van der Waals surface area contributed by atoms with E-state index in [4.69, 9.17) is 4.74 Å². The first-order chi connectivity index (χ1) is 9.97. The number of aliphatic hydroxyl groups is 1. The predicted octanol–water partition coefficient (Wildman–Crippen LogP) is 4.54. The number of rotatable bonds is 5. The van der Waals surface area contributed by atoms with Crippen LogP contribution in [0.25, 0.3) is 0 Å². The Labute approximate surface area is 127 Å². The van der Waals surface area contributed by atoms with E-state index in [0.29, 0.717) is 5.92 Å². The number of hydrogen-bond acceptors (Lipinski definition) is 2. The second-order valence-corrected chi connectivity index (χ2v) is 5.91. The topological polar surface area (TPSA) is 29.5 Å². The molecule has 112 valence electrons. The average Bonchev–Trinajstić information content (AvgIpc) is 2.45. The van der Waals surface area contributed by atoms with Gasteiger partial charge in [-0.1, -0.05) is 49.7 Å². The Morgan fingerprint density at radius 1 is 1.05 bits per heavy atom. The lowest BCUT2D eigenvalue weighted by Crippen LogP contribution is -2.11. The normalized spacial score (nSPS) is 12.5. The van der Waals surface area contributed by atoms with E-state index in [2.05, 4.69) is 32.9 Å². The summed E-state index contributed by atoms with van der Waals surface area (Å²) in [5, 5.41) is 10.3. The number of hydrogen-bond donors (Lipinski definition) is 1. The van der Waals surface area contributed by atoms with Gasteiger partial charge in [-0.15, -0.1) is 0 Å². The van der Waals surface area contributed by atoms with E-state index in [0.717, 1.165) is 16.9 Å². The molecule has 0 aliphatic rings. The first-order valence-electron chi connectivity index (χ1n) is 7.45. The Morgan fingerprint density at radius 3 is 2.48 bits per heavy atom. The van der Waals surface area contributed by atoms with Crippen LogP contribution in [0.3, 0.4) is 0 Å². The minimum absolute atomic E-state index is 0.269. The maximum absolute atomic E-state index is 10.3. The van der Waals surface area contributed by atoms with E-state index in [1.54, 1.807) is 0 Å². The summed E-state index contributed by atoms with van der Waals surface area (Å²) in [6, 6.07) is 14.1. The molecule has 1 atom stereocenters. The Balaban J connectivity index is 2.03. The number of aliphatic hydroxyl groups excluding tert-OH is 1. The lowest BCUT2D eigenvalue weighted by molar-refractivity contribution is 0.107. The van der Waals surface area contributed by atoms with Gasteiger partial charge in [0.1, 0.15) is 18.5 Å². The highest BCUT2D eigenvalue weighted by Crippen LogP contribution is 2.23. The number of benzene rings is 2. The molecule has 2 aromatic rings. The Kier molecular flexibility index (Phi) is 5.03. The summed E-state index contributed by atoms with van der Waals surface area (Å²) in [6.45, 7) is 8.65. The quantitative estimate of drug-likeness (QED) is 0.873. The molecular weight excluding hydrogens is 260 g/mol. The first-order valence-corrected chi connectivity index (χ1v) is 7.45. The van der Waals surface area contributed by atoms with Gasteiger partial charge in [0.25, 0.3) is 0 Å². The molecule has 2 rings (SSSR count). The summed E-state index contributed by atoms with van der Waals surface area (Å²) in [6.07, 6.45) is -0.603. The van der Waals surface area contributed by atoms with E-state index in [9.17, 15) is 5.11 Å². The lowest BCUT2D eigenvalue weighted by atomic mass is 10.0. The van der Waals surface area contributed by atoms with Gasteiger partial charge in [-0.25, -0.2) is 0 Å². The highest BCUT2D eigenvalue weighted by atomic mass is 16.5. The summed E-state index contributed by atoms with van der Waals surface area (Å²) < 4.78 is 5.75. The van der Waals surface area contributed by atoms with E-state index in [1.165, 1.54) is 11.1 Å². The molecule has 0 saturated carbocycles. The van der Waals surface area contributed by atoms with Crippen molar-refractivity contribution in [1.29, 1.82) is 0 Å². The van der Waals surface area contributed by atoms with E-state index in [-0.39, 0.29) is 6.61 Å². The Hall–Kier alpha value is -1.80. The molecule has 1 N–H and O–H groups in total. The van der Waals surface area contributed by atoms with Crippen LogP contribution in [0.5, 0.6) is 5.75 Å². The van der Waals surface area contributed by atoms with Crippen molar-refractivity contribution < 1.29 is 9.84 Å². The van der Waals surface area contributed by atoms with Gasteiger partial charge < -0.3 is 9.84 Å². The molecular formula is C19H24O2. The van der Waals surface area contributed by atoms with Gasteiger partial charge >= 0.3 is 0 Å². The third-order valence-corrected chi connectivity index (χ3v) is 3.72. The SMILES string of the molecule is Cc1ccc(C(O)COc2cccc(C(C)C)c2)c(C)c1. The number of ether oxygens (including phenoxy) is 1. The fraction of sp³-hybridized carbons (Fsp3) is 0.368. The van der Waals surface area contributed by atoms with Gasteiger partial charge in [0.2, 0.25) is 0 Å². The Bertz CT molecular complexity index is 602. The van der Waals surface area contributed by atoms with Crippen LogP contribution in [0.2, 0.25) is 0 Å². The minimum atomic E-state index is -0.603. The highest BCUT2D eigenvalue weighted by Gasteiger charge is 2.11. The summed E-state index contributed by atoms with van der Waals surface area (Å²) in [5.41, 5.74) is 4.48. The summed E-state index contributed by atoms with van der Waals surface area (Å²) >= 11 is 0.